The van der Waals surface area contributed by atoms with Crippen LogP contribution >= 0.6 is 11.6 Å². The molecule has 0 atom stereocenters. The van der Waals surface area contributed by atoms with Crippen LogP contribution in [0.3, 0.4) is 0 Å². The summed E-state index contributed by atoms with van der Waals surface area (Å²) in [4.78, 5) is 40.4. The van der Waals surface area contributed by atoms with Gasteiger partial charge in [0.2, 0.25) is 0 Å². The van der Waals surface area contributed by atoms with E-state index in [2.05, 4.69) is 10.3 Å². The number of pyridine rings is 1. The molecule has 6 nitrogen and oxygen atoms in total. The molecule has 0 bridgehead atoms. The van der Waals surface area contributed by atoms with Crippen molar-refractivity contribution in [1.82, 2.24) is 4.98 Å². The maximum Gasteiger partial charge on any atom is 0.261 e. The molecule has 7 heteroatoms. The Morgan fingerprint density at radius 2 is 1.77 bits per heavy atom. The number of hydrogen-bond acceptors (Lipinski definition) is 4. The van der Waals surface area contributed by atoms with Gasteiger partial charge in [0.25, 0.3) is 11.5 Å². The van der Waals surface area contributed by atoms with Crippen LogP contribution in [0, 0.1) is 5.41 Å². The van der Waals surface area contributed by atoms with Crippen LogP contribution in [0.15, 0.2) is 59.4 Å². The molecule has 1 heterocycles. The number of carbonyl (C=O) groups excluding carboxylic acids is 2. The van der Waals surface area contributed by atoms with E-state index >= 15 is 0 Å². The molecule has 1 aliphatic carbocycles. The number of amides is 1. The second-order valence-corrected chi connectivity index (χ2v) is 8.76. The lowest BCUT2D eigenvalue weighted by atomic mass is 9.75. The largest absolute Gasteiger partial charge is 0.456 e. The minimum absolute atomic E-state index is 0.0716. The maximum atomic E-state index is 12.7. The summed E-state index contributed by atoms with van der Waals surface area (Å²) in [5.74, 6) is 0.416. The average Bonchev–Trinajstić information content (AvgIpc) is 2.69. The zero-order valence-electron chi connectivity index (χ0n) is 17.1. The second kappa shape index (κ2) is 8.04. The Balaban J connectivity index is 1.51. The van der Waals surface area contributed by atoms with Gasteiger partial charge >= 0.3 is 0 Å². The number of benzene rings is 2. The third-order valence-corrected chi connectivity index (χ3v) is 5.45. The highest BCUT2D eigenvalue weighted by Crippen LogP contribution is 2.33. The van der Waals surface area contributed by atoms with E-state index < -0.39 is 11.5 Å². The number of nitrogens with one attached hydrogen (secondary N) is 2. The summed E-state index contributed by atoms with van der Waals surface area (Å²) in [7, 11) is 0. The summed E-state index contributed by atoms with van der Waals surface area (Å²) in [5.41, 5.74) is 0.658. The fourth-order valence-electron chi connectivity index (χ4n) is 3.66. The number of rotatable bonds is 4. The normalized spacial score (nSPS) is 14.6. The van der Waals surface area contributed by atoms with E-state index in [0.717, 1.165) is 0 Å². The summed E-state index contributed by atoms with van der Waals surface area (Å²) < 4.78 is 5.73. The molecular formula is C24H21ClN2O4. The van der Waals surface area contributed by atoms with Gasteiger partial charge in [-0.25, -0.2) is 0 Å². The number of aromatic amines is 1. The van der Waals surface area contributed by atoms with Gasteiger partial charge in [-0.15, -0.1) is 0 Å². The molecule has 0 fully saturated rings. The van der Waals surface area contributed by atoms with Gasteiger partial charge in [0, 0.05) is 23.4 Å². The van der Waals surface area contributed by atoms with Crippen LogP contribution < -0.4 is 15.6 Å². The van der Waals surface area contributed by atoms with Crippen molar-refractivity contribution in [2.45, 2.75) is 26.7 Å². The zero-order valence-corrected chi connectivity index (χ0v) is 17.9. The molecule has 1 amide bonds. The van der Waals surface area contributed by atoms with Crippen LogP contribution in [0.5, 0.6) is 11.5 Å². The molecule has 0 radical (unpaired) electrons. The Labute approximate surface area is 184 Å². The zero-order chi connectivity index (χ0) is 22.2. The smallest absolute Gasteiger partial charge is 0.261 e. The molecule has 4 rings (SSSR count). The highest BCUT2D eigenvalue weighted by Gasteiger charge is 2.32. The fraction of sp³-hybridized carbons (Fsp3) is 0.208. The van der Waals surface area contributed by atoms with E-state index in [9.17, 15) is 14.4 Å². The third kappa shape index (κ3) is 4.54. The first-order valence-corrected chi connectivity index (χ1v) is 10.2. The van der Waals surface area contributed by atoms with Crippen LogP contribution in [0.4, 0.5) is 5.69 Å². The fourth-order valence-corrected chi connectivity index (χ4v) is 3.83. The first-order chi connectivity index (χ1) is 14.7. The number of aromatic nitrogens is 1. The van der Waals surface area contributed by atoms with Gasteiger partial charge in [0.05, 0.1) is 5.02 Å². The van der Waals surface area contributed by atoms with Gasteiger partial charge in [0.15, 0.2) is 5.78 Å². The lowest BCUT2D eigenvalue weighted by molar-refractivity contribution is 0.0910. The number of halogens is 1. The first-order valence-electron chi connectivity index (χ1n) is 9.85. The molecular weight excluding hydrogens is 416 g/mol. The van der Waals surface area contributed by atoms with Gasteiger partial charge < -0.3 is 15.0 Å². The minimum Gasteiger partial charge on any atom is -0.456 e. The summed E-state index contributed by atoms with van der Waals surface area (Å²) >= 11 is 6.09. The van der Waals surface area contributed by atoms with E-state index in [-0.39, 0.29) is 16.8 Å². The molecule has 2 aromatic carbocycles. The van der Waals surface area contributed by atoms with Gasteiger partial charge in [0.1, 0.15) is 17.1 Å². The van der Waals surface area contributed by atoms with Crippen LogP contribution in [-0.2, 0) is 6.42 Å². The number of H-pyrrole nitrogens is 1. The van der Waals surface area contributed by atoms with Gasteiger partial charge in [-0.1, -0.05) is 37.6 Å². The van der Waals surface area contributed by atoms with Crippen molar-refractivity contribution in [3.63, 3.8) is 0 Å². The molecule has 0 aliphatic heterocycles. The van der Waals surface area contributed by atoms with E-state index in [1.807, 2.05) is 26.0 Å². The van der Waals surface area contributed by atoms with Crippen LogP contribution in [0.1, 0.15) is 46.7 Å². The van der Waals surface area contributed by atoms with E-state index in [4.69, 9.17) is 16.3 Å². The van der Waals surface area contributed by atoms with Crippen LogP contribution in [0.2, 0.25) is 5.02 Å². The van der Waals surface area contributed by atoms with E-state index in [0.29, 0.717) is 46.3 Å². The predicted molar refractivity (Wildman–Crippen MR) is 119 cm³/mol. The highest BCUT2D eigenvalue weighted by atomic mass is 35.5. The monoisotopic (exact) mass is 436 g/mol. The molecule has 0 saturated heterocycles. The van der Waals surface area contributed by atoms with Crippen molar-refractivity contribution in [3.05, 3.63) is 86.8 Å². The van der Waals surface area contributed by atoms with Crippen molar-refractivity contribution < 1.29 is 14.3 Å². The van der Waals surface area contributed by atoms with Crippen LogP contribution in [-0.4, -0.2) is 16.7 Å². The SMILES string of the molecule is CC1(C)CC(=O)c2cc(C(=O)Nc3ccc(Oc4ccccc4Cl)cc3)c(=O)[nH]c2C1. The molecule has 0 saturated carbocycles. The quantitative estimate of drug-likeness (QED) is 0.586. The first kappa shape index (κ1) is 20.9. The molecule has 31 heavy (non-hydrogen) atoms. The van der Waals surface area contributed by atoms with E-state index in [1.165, 1.54) is 6.07 Å². The van der Waals surface area contributed by atoms with E-state index in [1.54, 1.807) is 36.4 Å². The number of ketones is 1. The molecule has 0 spiro atoms. The number of hydrogen-bond donors (Lipinski definition) is 2. The average molecular weight is 437 g/mol. The van der Waals surface area contributed by atoms with Gasteiger partial charge in [-0.05, 0) is 54.3 Å². The second-order valence-electron chi connectivity index (χ2n) is 8.36. The van der Waals surface area contributed by atoms with Crippen molar-refractivity contribution in [2.24, 2.45) is 5.41 Å². The number of Topliss-reactive ketones (excluding diaryl/α,β-unsaturated/α-hetero) is 1. The summed E-state index contributed by atoms with van der Waals surface area (Å²) in [6, 6.07) is 15.2. The number of fused-ring (bicyclic) bond motifs is 1. The molecule has 3 aromatic rings. The Kier molecular flexibility index (Phi) is 5.41. The molecule has 2 N–H and O–H groups in total. The number of para-hydroxylation sites is 1. The number of ether oxygens (including phenoxy) is 1. The standard InChI is InChI=1S/C24H21ClN2O4/c1-24(2)12-19-16(20(28)13-24)11-17(23(30)27-19)22(29)26-14-7-9-15(10-8-14)31-21-6-4-3-5-18(21)25/h3-11H,12-13H2,1-2H3,(H,26,29)(H,27,30). The minimum atomic E-state index is -0.582. The number of anilines is 1. The Bertz CT molecular complexity index is 1230. The van der Waals surface area contributed by atoms with Gasteiger partial charge in [-0.2, -0.15) is 0 Å². The van der Waals surface area contributed by atoms with Crippen molar-refractivity contribution in [3.8, 4) is 11.5 Å². The molecule has 1 aromatic heterocycles. The Morgan fingerprint density at radius 1 is 1.06 bits per heavy atom. The lowest BCUT2D eigenvalue weighted by Crippen LogP contribution is -2.32. The number of carbonyl (C=O) groups is 2. The summed E-state index contributed by atoms with van der Waals surface area (Å²) in [6.07, 6.45) is 0.956. The molecule has 0 unspecified atom stereocenters. The predicted octanol–water partition coefficient (Wildman–Crippen LogP) is 5.23. The van der Waals surface area contributed by atoms with Crippen LogP contribution in [0.25, 0.3) is 0 Å². The van der Waals surface area contributed by atoms with Crippen molar-refractivity contribution in [2.75, 3.05) is 5.32 Å². The third-order valence-electron chi connectivity index (χ3n) is 5.14. The molecule has 1 aliphatic rings. The molecule has 158 valence electrons. The van der Waals surface area contributed by atoms with Crippen molar-refractivity contribution in [1.29, 1.82) is 0 Å². The summed E-state index contributed by atoms with van der Waals surface area (Å²) in [5, 5.41) is 3.18. The maximum absolute atomic E-state index is 12.7. The Hall–Kier alpha value is -3.38. The topological polar surface area (TPSA) is 88.3 Å². The van der Waals surface area contributed by atoms with Gasteiger partial charge in [-0.3, -0.25) is 14.4 Å². The highest BCUT2D eigenvalue weighted by molar-refractivity contribution is 6.32. The summed E-state index contributed by atoms with van der Waals surface area (Å²) in [6.45, 7) is 3.96. The Morgan fingerprint density at radius 3 is 2.48 bits per heavy atom. The lowest BCUT2D eigenvalue weighted by Gasteiger charge is -2.29. The van der Waals surface area contributed by atoms with Crippen molar-refractivity contribution >= 4 is 29.0 Å².